The standard InChI is InChI=1S/C8H16N4O2S/c1-3-4-5-11-6(13)10-8(2,15)12(9)7(11)14/h15H,3-5,9H2,1-2H3,(H,10,13). The van der Waals surface area contributed by atoms with Gasteiger partial charge in [0, 0.05) is 6.54 Å². The molecule has 1 rings (SSSR count). The molecule has 0 radical (unpaired) electrons. The van der Waals surface area contributed by atoms with Crippen LogP contribution in [0.25, 0.3) is 0 Å². The molecule has 3 N–H and O–H groups in total. The first-order chi connectivity index (χ1) is 6.90. The maximum atomic E-state index is 11.7. The molecular formula is C8H16N4O2S. The van der Waals surface area contributed by atoms with Gasteiger partial charge >= 0.3 is 12.1 Å². The van der Waals surface area contributed by atoms with E-state index in [4.69, 9.17) is 5.84 Å². The molecule has 0 bridgehead atoms. The lowest BCUT2D eigenvalue weighted by atomic mass is 10.3. The van der Waals surface area contributed by atoms with Crippen LogP contribution in [-0.4, -0.2) is 33.5 Å². The molecule has 0 spiro atoms. The van der Waals surface area contributed by atoms with Crippen LogP contribution in [0, 0.1) is 0 Å². The molecule has 15 heavy (non-hydrogen) atoms. The maximum absolute atomic E-state index is 11.7. The molecule has 0 aromatic rings. The molecule has 6 nitrogen and oxygen atoms in total. The first kappa shape index (κ1) is 12.1. The quantitative estimate of drug-likeness (QED) is 0.381. The zero-order valence-corrected chi connectivity index (χ0v) is 9.75. The van der Waals surface area contributed by atoms with Crippen molar-refractivity contribution in [3.8, 4) is 0 Å². The lowest BCUT2D eigenvalue weighted by Gasteiger charge is -2.42. The number of hydrogen-bond acceptors (Lipinski definition) is 4. The first-order valence-electron chi connectivity index (χ1n) is 4.81. The van der Waals surface area contributed by atoms with E-state index >= 15 is 0 Å². The van der Waals surface area contributed by atoms with Crippen molar-refractivity contribution in [2.24, 2.45) is 5.84 Å². The zero-order valence-electron chi connectivity index (χ0n) is 8.86. The first-order valence-corrected chi connectivity index (χ1v) is 5.26. The lowest BCUT2D eigenvalue weighted by molar-refractivity contribution is 0.0963. The fourth-order valence-electron chi connectivity index (χ4n) is 1.25. The van der Waals surface area contributed by atoms with Crippen molar-refractivity contribution in [1.82, 2.24) is 15.2 Å². The van der Waals surface area contributed by atoms with Crippen molar-refractivity contribution in [3.63, 3.8) is 0 Å². The molecule has 1 heterocycles. The Bertz CT molecular complexity index is 282. The van der Waals surface area contributed by atoms with E-state index in [9.17, 15) is 9.59 Å². The van der Waals surface area contributed by atoms with Gasteiger partial charge in [-0.2, -0.15) is 0 Å². The van der Waals surface area contributed by atoms with E-state index in [2.05, 4.69) is 17.9 Å². The molecule has 1 fully saturated rings. The summed E-state index contributed by atoms with van der Waals surface area (Å²) in [6.07, 6.45) is 1.66. The summed E-state index contributed by atoms with van der Waals surface area (Å²) in [5.41, 5.74) is 0. The molecule has 1 saturated heterocycles. The second-order valence-electron chi connectivity index (χ2n) is 3.61. The number of unbranched alkanes of at least 4 members (excludes halogenated alkanes) is 1. The Labute approximate surface area is 94.1 Å². The molecule has 1 atom stereocenters. The minimum Gasteiger partial charge on any atom is -0.305 e. The monoisotopic (exact) mass is 232 g/mol. The van der Waals surface area contributed by atoms with E-state index in [0.29, 0.717) is 6.54 Å². The van der Waals surface area contributed by atoms with Crippen LogP contribution in [-0.2, 0) is 0 Å². The number of hydrogen-bond donors (Lipinski definition) is 3. The predicted octanol–water partition coefficient (Wildman–Crippen LogP) is 0.711. The summed E-state index contributed by atoms with van der Waals surface area (Å²) in [6.45, 7) is 3.90. The number of urea groups is 2. The van der Waals surface area contributed by atoms with E-state index in [1.165, 1.54) is 0 Å². The Kier molecular flexibility index (Phi) is 3.46. The van der Waals surface area contributed by atoms with Crippen molar-refractivity contribution < 1.29 is 9.59 Å². The third-order valence-corrected chi connectivity index (χ3v) is 2.56. The third kappa shape index (κ3) is 2.35. The zero-order chi connectivity index (χ0) is 11.6. The van der Waals surface area contributed by atoms with Gasteiger partial charge in [0.15, 0.2) is 4.99 Å². The second-order valence-corrected chi connectivity index (χ2v) is 4.48. The van der Waals surface area contributed by atoms with Crippen LogP contribution < -0.4 is 11.2 Å². The fourth-order valence-corrected chi connectivity index (χ4v) is 1.43. The van der Waals surface area contributed by atoms with Crippen LogP contribution in [0.4, 0.5) is 9.59 Å². The number of hydrazine groups is 1. The molecule has 1 aliphatic heterocycles. The number of thiol groups is 1. The van der Waals surface area contributed by atoms with Gasteiger partial charge in [-0.1, -0.05) is 13.3 Å². The maximum Gasteiger partial charge on any atom is 0.345 e. The minimum absolute atomic E-state index is 0.374. The van der Waals surface area contributed by atoms with Crippen molar-refractivity contribution >= 4 is 24.7 Å². The summed E-state index contributed by atoms with van der Waals surface area (Å²) in [5.74, 6) is 5.53. The van der Waals surface area contributed by atoms with Crippen LogP contribution in [0.15, 0.2) is 0 Å². The second kappa shape index (κ2) is 4.28. The summed E-state index contributed by atoms with van der Waals surface area (Å²) < 4.78 is 0. The van der Waals surface area contributed by atoms with Crippen molar-refractivity contribution in [1.29, 1.82) is 0 Å². The van der Waals surface area contributed by atoms with Gasteiger partial charge in [-0.15, -0.1) is 12.6 Å². The minimum atomic E-state index is -1.13. The van der Waals surface area contributed by atoms with Gasteiger partial charge in [-0.05, 0) is 13.3 Å². The molecule has 0 aliphatic carbocycles. The smallest absolute Gasteiger partial charge is 0.305 e. The number of carbonyl (C=O) groups excluding carboxylic acids is 2. The van der Waals surface area contributed by atoms with E-state index in [1.807, 2.05) is 6.92 Å². The molecule has 1 aliphatic rings. The Morgan fingerprint density at radius 3 is 2.67 bits per heavy atom. The highest BCUT2D eigenvalue weighted by atomic mass is 32.1. The van der Waals surface area contributed by atoms with E-state index in [-0.39, 0.29) is 0 Å². The molecule has 86 valence electrons. The predicted molar refractivity (Wildman–Crippen MR) is 59.0 cm³/mol. The summed E-state index contributed by atoms with van der Waals surface area (Å²) >= 11 is 4.08. The number of imide groups is 1. The molecule has 0 aromatic heterocycles. The van der Waals surface area contributed by atoms with E-state index in [0.717, 1.165) is 22.8 Å². The SMILES string of the molecule is CCCCN1C(=O)NC(C)(S)N(N)C1=O. The van der Waals surface area contributed by atoms with Crippen LogP contribution in [0.2, 0.25) is 0 Å². The number of carbonyl (C=O) groups is 2. The van der Waals surface area contributed by atoms with Gasteiger partial charge in [0.05, 0.1) is 0 Å². The summed E-state index contributed by atoms with van der Waals surface area (Å²) in [6, 6.07) is -0.975. The average Bonchev–Trinajstić information content (AvgIpc) is 2.14. The summed E-state index contributed by atoms with van der Waals surface area (Å²) in [5, 5.41) is 3.44. The van der Waals surface area contributed by atoms with Gasteiger partial charge in [-0.25, -0.2) is 25.3 Å². The average molecular weight is 232 g/mol. The normalized spacial score (nSPS) is 26.9. The highest BCUT2D eigenvalue weighted by Crippen LogP contribution is 2.20. The topological polar surface area (TPSA) is 78.7 Å². The molecule has 0 saturated carbocycles. The van der Waals surface area contributed by atoms with Crippen molar-refractivity contribution in [2.75, 3.05) is 6.54 Å². The van der Waals surface area contributed by atoms with Gasteiger partial charge in [0.25, 0.3) is 0 Å². The number of nitrogens with two attached hydrogens (primary N) is 1. The largest absolute Gasteiger partial charge is 0.345 e. The summed E-state index contributed by atoms with van der Waals surface area (Å²) in [7, 11) is 0. The van der Waals surface area contributed by atoms with E-state index in [1.54, 1.807) is 6.92 Å². The fraction of sp³-hybridized carbons (Fsp3) is 0.750. The van der Waals surface area contributed by atoms with Crippen LogP contribution in [0.3, 0.4) is 0 Å². The van der Waals surface area contributed by atoms with Gasteiger partial charge in [0.1, 0.15) is 0 Å². The van der Waals surface area contributed by atoms with E-state index < -0.39 is 17.1 Å². The van der Waals surface area contributed by atoms with Gasteiger partial charge < -0.3 is 5.32 Å². The molecule has 7 heteroatoms. The number of amides is 4. The molecule has 0 aromatic carbocycles. The third-order valence-electron chi connectivity index (χ3n) is 2.23. The van der Waals surface area contributed by atoms with Crippen LogP contribution in [0.1, 0.15) is 26.7 Å². The Balaban J connectivity index is 2.76. The van der Waals surface area contributed by atoms with Gasteiger partial charge in [0.2, 0.25) is 0 Å². The molecule has 4 amide bonds. The van der Waals surface area contributed by atoms with Crippen LogP contribution in [0.5, 0.6) is 0 Å². The number of rotatable bonds is 3. The van der Waals surface area contributed by atoms with Crippen molar-refractivity contribution in [2.45, 2.75) is 31.7 Å². The van der Waals surface area contributed by atoms with Gasteiger partial charge in [-0.3, -0.25) is 0 Å². The molecule has 1 unspecified atom stereocenters. The summed E-state index contributed by atoms with van der Waals surface area (Å²) in [4.78, 5) is 23.2. The molecular weight excluding hydrogens is 216 g/mol. The Hall–Kier alpha value is -0.950. The van der Waals surface area contributed by atoms with Crippen LogP contribution >= 0.6 is 12.6 Å². The van der Waals surface area contributed by atoms with Crippen molar-refractivity contribution in [3.05, 3.63) is 0 Å². The highest BCUT2D eigenvalue weighted by Gasteiger charge is 2.42. The number of nitrogens with one attached hydrogen (secondary N) is 1. The highest BCUT2D eigenvalue weighted by molar-refractivity contribution is 7.81. The Morgan fingerprint density at radius 2 is 2.13 bits per heavy atom. The lowest BCUT2D eigenvalue weighted by Crippen LogP contribution is -2.71. The Morgan fingerprint density at radius 1 is 1.53 bits per heavy atom. The number of nitrogens with zero attached hydrogens (tertiary/aromatic N) is 2.